The summed E-state index contributed by atoms with van der Waals surface area (Å²) >= 11 is 0. The van der Waals surface area contributed by atoms with Gasteiger partial charge in [0.05, 0.1) is 7.11 Å². The molecule has 21 heavy (non-hydrogen) atoms. The predicted octanol–water partition coefficient (Wildman–Crippen LogP) is 4.31. The average Bonchev–Trinajstić information content (AvgIpc) is 2.45. The summed E-state index contributed by atoms with van der Waals surface area (Å²) in [6.45, 7) is 6.91. The van der Waals surface area contributed by atoms with Gasteiger partial charge in [-0.1, -0.05) is 26.0 Å². The summed E-state index contributed by atoms with van der Waals surface area (Å²) in [5.41, 5.74) is 4.25. The van der Waals surface area contributed by atoms with E-state index in [1.54, 1.807) is 13.2 Å². The van der Waals surface area contributed by atoms with E-state index in [0.29, 0.717) is 6.04 Å². The van der Waals surface area contributed by atoms with Gasteiger partial charge in [0.15, 0.2) is 0 Å². The molecule has 0 aliphatic carbocycles. The lowest BCUT2D eigenvalue weighted by Crippen LogP contribution is -2.22. The Labute approximate surface area is 126 Å². The number of halogens is 1. The molecule has 0 atom stereocenters. The van der Waals surface area contributed by atoms with E-state index in [0.717, 1.165) is 34.5 Å². The Balaban J connectivity index is 2.45. The maximum atomic E-state index is 13.3. The normalized spacial score (nSPS) is 11.0. The molecule has 0 radical (unpaired) electrons. The molecule has 0 saturated carbocycles. The summed E-state index contributed by atoms with van der Waals surface area (Å²) in [6.07, 6.45) is 0. The first kappa shape index (κ1) is 15.5. The van der Waals surface area contributed by atoms with E-state index < -0.39 is 0 Å². The maximum absolute atomic E-state index is 13.3. The summed E-state index contributed by atoms with van der Waals surface area (Å²) in [4.78, 5) is 0. The molecule has 0 aliphatic rings. The van der Waals surface area contributed by atoms with E-state index in [2.05, 4.69) is 19.2 Å². The van der Waals surface area contributed by atoms with Crippen LogP contribution in [0, 0.1) is 12.7 Å². The van der Waals surface area contributed by atoms with Gasteiger partial charge >= 0.3 is 0 Å². The van der Waals surface area contributed by atoms with Crippen molar-refractivity contribution < 1.29 is 9.13 Å². The molecule has 2 nitrogen and oxygen atoms in total. The SMILES string of the molecule is COc1ccc(-c2ccc(F)cc2C)c(CNC(C)C)c1. The Morgan fingerprint density at radius 3 is 2.43 bits per heavy atom. The van der Waals surface area contributed by atoms with Crippen LogP contribution in [0.3, 0.4) is 0 Å². The van der Waals surface area contributed by atoms with E-state index in [-0.39, 0.29) is 5.82 Å². The number of benzene rings is 2. The summed E-state index contributed by atoms with van der Waals surface area (Å²) in [5.74, 6) is 0.630. The highest BCUT2D eigenvalue weighted by atomic mass is 19.1. The molecule has 0 fully saturated rings. The first-order chi connectivity index (χ1) is 10.0. The first-order valence-corrected chi connectivity index (χ1v) is 7.18. The monoisotopic (exact) mass is 287 g/mol. The Kier molecular flexibility index (Phi) is 4.97. The van der Waals surface area contributed by atoms with Crippen LogP contribution >= 0.6 is 0 Å². The van der Waals surface area contributed by atoms with Crippen molar-refractivity contribution in [3.05, 3.63) is 53.3 Å². The third-order valence-electron chi connectivity index (χ3n) is 3.49. The van der Waals surface area contributed by atoms with Gasteiger partial charge in [-0.3, -0.25) is 0 Å². The molecule has 0 saturated heterocycles. The number of hydrogen-bond donors (Lipinski definition) is 1. The van der Waals surface area contributed by atoms with Crippen molar-refractivity contribution >= 4 is 0 Å². The van der Waals surface area contributed by atoms with Crippen molar-refractivity contribution in [1.82, 2.24) is 5.32 Å². The van der Waals surface area contributed by atoms with Crippen LogP contribution in [0.15, 0.2) is 36.4 Å². The molecule has 0 heterocycles. The fraction of sp³-hybridized carbons (Fsp3) is 0.333. The third-order valence-corrected chi connectivity index (χ3v) is 3.49. The number of hydrogen-bond acceptors (Lipinski definition) is 2. The van der Waals surface area contributed by atoms with E-state index >= 15 is 0 Å². The molecule has 2 rings (SSSR count). The van der Waals surface area contributed by atoms with Crippen LogP contribution in [0.1, 0.15) is 25.0 Å². The van der Waals surface area contributed by atoms with Crippen molar-refractivity contribution in [2.75, 3.05) is 7.11 Å². The number of aryl methyl sites for hydroxylation is 1. The van der Waals surface area contributed by atoms with E-state index in [1.165, 1.54) is 6.07 Å². The summed E-state index contributed by atoms with van der Waals surface area (Å²) in [6, 6.07) is 11.3. The van der Waals surface area contributed by atoms with Crippen LogP contribution in [-0.2, 0) is 6.54 Å². The largest absolute Gasteiger partial charge is 0.497 e. The van der Waals surface area contributed by atoms with Crippen molar-refractivity contribution in [3.63, 3.8) is 0 Å². The molecular formula is C18H22FNO. The number of nitrogens with one attached hydrogen (secondary N) is 1. The molecule has 1 N–H and O–H groups in total. The van der Waals surface area contributed by atoms with Crippen LogP contribution in [0.25, 0.3) is 11.1 Å². The second-order valence-corrected chi connectivity index (χ2v) is 5.52. The molecule has 0 spiro atoms. The van der Waals surface area contributed by atoms with Crippen LogP contribution in [0.5, 0.6) is 5.75 Å². The topological polar surface area (TPSA) is 21.3 Å². The van der Waals surface area contributed by atoms with Gasteiger partial charge in [0.25, 0.3) is 0 Å². The molecule has 2 aromatic carbocycles. The van der Waals surface area contributed by atoms with Crippen molar-refractivity contribution in [2.24, 2.45) is 0 Å². The Bertz CT molecular complexity index is 623. The van der Waals surface area contributed by atoms with Crippen LogP contribution in [0.2, 0.25) is 0 Å². The van der Waals surface area contributed by atoms with E-state index in [4.69, 9.17) is 4.74 Å². The molecule has 0 unspecified atom stereocenters. The second-order valence-electron chi connectivity index (χ2n) is 5.52. The van der Waals surface area contributed by atoms with Gasteiger partial charge in [0.1, 0.15) is 11.6 Å². The Morgan fingerprint density at radius 2 is 1.81 bits per heavy atom. The summed E-state index contributed by atoms with van der Waals surface area (Å²) in [5, 5.41) is 3.42. The first-order valence-electron chi connectivity index (χ1n) is 7.18. The van der Waals surface area contributed by atoms with Crippen LogP contribution < -0.4 is 10.1 Å². The lowest BCUT2D eigenvalue weighted by Gasteiger charge is -2.16. The zero-order valence-electron chi connectivity index (χ0n) is 13.0. The highest BCUT2D eigenvalue weighted by Gasteiger charge is 2.10. The lowest BCUT2D eigenvalue weighted by molar-refractivity contribution is 0.414. The number of ether oxygens (including phenoxy) is 1. The summed E-state index contributed by atoms with van der Waals surface area (Å²) < 4.78 is 18.6. The van der Waals surface area contributed by atoms with Crippen LogP contribution in [-0.4, -0.2) is 13.2 Å². The standard InChI is InChI=1S/C18H22FNO/c1-12(2)20-11-14-10-16(21-4)6-8-18(14)17-7-5-15(19)9-13(17)3/h5-10,12,20H,11H2,1-4H3. The molecule has 0 aromatic heterocycles. The zero-order chi connectivity index (χ0) is 15.4. The average molecular weight is 287 g/mol. The molecule has 0 bridgehead atoms. The lowest BCUT2D eigenvalue weighted by atomic mass is 9.95. The zero-order valence-corrected chi connectivity index (χ0v) is 13.0. The highest BCUT2D eigenvalue weighted by Crippen LogP contribution is 2.30. The minimum atomic E-state index is -0.202. The van der Waals surface area contributed by atoms with Crippen molar-refractivity contribution in [2.45, 2.75) is 33.4 Å². The smallest absolute Gasteiger partial charge is 0.123 e. The predicted molar refractivity (Wildman–Crippen MR) is 85.1 cm³/mol. The van der Waals surface area contributed by atoms with Gasteiger partial charge in [0, 0.05) is 12.6 Å². The Hall–Kier alpha value is -1.87. The molecule has 0 amide bonds. The fourth-order valence-electron chi connectivity index (χ4n) is 2.35. The minimum Gasteiger partial charge on any atom is -0.497 e. The van der Waals surface area contributed by atoms with Gasteiger partial charge in [-0.15, -0.1) is 0 Å². The number of rotatable bonds is 5. The third kappa shape index (κ3) is 3.82. The second kappa shape index (κ2) is 6.72. The van der Waals surface area contributed by atoms with Gasteiger partial charge in [0.2, 0.25) is 0 Å². The fourth-order valence-corrected chi connectivity index (χ4v) is 2.35. The van der Waals surface area contributed by atoms with Crippen LogP contribution in [0.4, 0.5) is 4.39 Å². The van der Waals surface area contributed by atoms with Gasteiger partial charge in [-0.2, -0.15) is 0 Å². The molecule has 112 valence electrons. The molecular weight excluding hydrogens is 265 g/mol. The molecule has 2 aromatic rings. The molecule has 0 aliphatic heterocycles. The molecule has 3 heteroatoms. The highest BCUT2D eigenvalue weighted by molar-refractivity contribution is 5.71. The van der Waals surface area contributed by atoms with E-state index in [1.807, 2.05) is 31.2 Å². The maximum Gasteiger partial charge on any atom is 0.123 e. The Morgan fingerprint density at radius 1 is 1.10 bits per heavy atom. The number of methoxy groups -OCH3 is 1. The minimum absolute atomic E-state index is 0.202. The van der Waals surface area contributed by atoms with Gasteiger partial charge < -0.3 is 10.1 Å². The van der Waals surface area contributed by atoms with Crippen molar-refractivity contribution in [1.29, 1.82) is 0 Å². The quantitative estimate of drug-likeness (QED) is 0.885. The van der Waals surface area contributed by atoms with E-state index in [9.17, 15) is 4.39 Å². The van der Waals surface area contributed by atoms with Gasteiger partial charge in [-0.05, 0) is 53.4 Å². The van der Waals surface area contributed by atoms with Crippen molar-refractivity contribution in [3.8, 4) is 16.9 Å². The summed E-state index contributed by atoms with van der Waals surface area (Å²) in [7, 11) is 1.66. The van der Waals surface area contributed by atoms with Gasteiger partial charge in [-0.25, -0.2) is 4.39 Å².